The number of anilines is 1. The van der Waals surface area contributed by atoms with Crippen LogP contribution in [-0.4, -0.2) is 87.6 Å². The number of hydrogen-bond donors (Lipinski definition) is 2. The molecule has 2 N–H and O–H groups in total. The quantitative estimate of drug-likeness (QED) is 0.316. The molecule has 7 heterocycles. The van der Waals surface area contributed by atoms with Gasteiger partial charge in [-0.3, -0.25) is 4.90 Å². The van der Waals surface area contributed by atoms with Gasteiger partial charge in [-0.15, -0.1) is 0 Å². The molecule has 0 amide bonds. The van der Waals surface area contributed by atoms with Crippen LogP contribution >= 0.6 is 0 Å². The van der Waals surface area contributed by atoms with Crippen LogP contribution in [-0.2, 0) is 0 Å². The van der Waals surface area contributed by atoms with Gasteiger partial charge in [-0.2, -0.15) is 9.97 Å². The molecule has 5 atom stereocenters. The van der Waals surface area contributed by atoms with E-state index >= 15 is 8.78 Å². The van der Waals surface area contributed by atoms with Gasteiger partial charge in [-0.1, -0.05) is 6.07 Å². The summed E-state index contributed by atoms with van der Waals surface area (Å²) in [5.74, 6) is -3.01. The van der Waals surface area contributed by atoms with E-state index in [4.69, 9.17) is 14.5 Å². The first kappa shape index (κ1) is 27.3. The number of piperazine rings is 1. The van der Waals surface area contributed by atoms with Crippen LogP contribution in [0.4, 0.5) is 23.4 Å². The van der Waals surface area contributed by atoms with E-state index < -0.39 is 29.2 Å². The van der Waals surface area contributed by atoms with E-state index in [0.29, 0.717) is 25.3 Å². The van der Waals surface area contributed by atoms with Gasteiger partial charge in [0.05, 0.1) is 11.6 Å². The topological polar surface area (TPSA) is 95.9 Å². The molecule has 4 fully saturated rings. The molecule has 5 aliphatic rings. The molecule has 9 nitrogen and oxygen atoms in total. The average molecular weight is 623 g/mol. The van der Waals surface area contributed by atoms with Crippen molar-refractivity contribution < 1.29 is 32.1 Å². The highest BCUT2D eigenvalue weighted by molar-refractivity contribution is 6.02. The first-order valence-electron chi connectivity index (χ1n) is 15.5. The smallest absolute Gasteiger partial charge is 0.319 e. The van der Waals surface area contributed by atoms with Crippen molar-refractivity contribution in [2.75, 3.05) is 37.7 Å². The highest BCUT2D eigenvalue weighted by Crippen LogP contribution is 2.45. The first-order valence-corrected chi connectivity index (χ1v) is 15.5. The molecule has 0 radical (unpaired) electrons. The number of rotatable bonds is 4. The second kappa shape index (κ2) is 9.76. The van der Waals surface area contributed by atoms with E-state index in [9.17, 15) is 13.9 Å². The molecule has 4 aromatic rings. The van der Waals surface area contributed by atoms with E-state index in [1.165, 1.54) is 12.1 Å². The number of aromatic nitrogens is 3. The molecule has 5 aliphatic heterocycles. The summed E-state index contributed by atoms with van der Waals surface area (Å²) in [5, 5.41) is 14.3. The second-order valence-electron chi connectivity index (χ2n) is 13.0. The number of nitrogens with zero attached hydrogens (tertiary/aromatic N) is 5. The van der Waals surface area contributed by atoms with Crippen LogP contribution in [0.25, 0.3) is 32.9 Å². The Balaban J connectivity index is 1.24. The number of ether oxygens (including phenoxy) is 2. The number of alkyl halides is 1. The fraction of sp³-hybridized carbons (Fsp3) is 0.469. The summed E-state index contributed by atoms with van der Waals surface area (Å²) in [6, 6.07) is 4.83. The lowest BCUT2D eigenvalue weighted by Gasteiger charge is -2.40. The monoisotopic (exact) mass is 622 g/mol. The molecule has 0 unspecified atom stereocenters. The minimum absolute atomic E-state index is 0.0538. The van der Waals surface area contributed by atoms with Gasteiger partial charge < -0.3 is 24.8 Å². The summed E-state index contributed by atoms with van der Waals surface area (Å²) in [6.07, 6.45) is 3.06. The van der Waals surface area contributed by atoms with Crippen molar-refractivity contribution in [3.63, 3.8) is 0 Å². The van der Waals surface area contributed by atoms with Crippen LogP contribution in [0.5, 0.6) is 17.6 Å². The largest absolute Gasteiger partial charge is 0.508 e. The average Bonchev–Trinajstić information content (AvgIpc) is 3.65. The second-order valence-corrected chi connectivity index (χ2v) is 13.0. The van der Waals surface area contributed by atoms with Crippen molar-refractivity contribution in [1.82, 2.24) is 25.2 Å². The molecule has 0 saturated carbocycles. The standard InChI is InChI=1S/C32H30F4N6O3/c33-16-10-32(6-1-7-41(32)11-16)14-45-31-39-28-24-29(40-31)42-12-17-3-5-21(37-17)22(42)13-44-30(24)38-27(26(28)36)19-9-18(43)8-15-2-4-20(34)25(35)23(15)19/h2,4,8-9,16-17,21-22,37,43H,1,3,5-7,10-14H2/t16-,17-,21+,22-,32+/m1/s1. The van der Waals surface area contributed by atoms with Crippen LogP contribution < -0.4 is 19.7 Å². The van der Waals surface area contributed by atoms with Gasteiger partial charge in [0.25, 0.3) is 0 Å². The molecular formula is C32H30F4N6O3. The van der Waals surface area contributed by atoms with Crippen molar-refractivity contribution in [2.24, 2.45) is 0 Å². The summed E-state index contributed by atoms with van der Waals surface area (Å²) in [6.45, 7) is 2.14. The molecule has 9 rings (SSSR count). The number of nitrogens with one attached hydrogen (secondary N) is 1. The van der Waals surface area contributed by atoms with Crippen LogP contribution in [0.3, 0.4) is 0 Å². The van der Waals surface area contributed by atoms with Crippen molar-refractivity contribution in [3.8, 4) is 28.9 Å². The Morgan fingerprint density at radius 1 is 1.07 bits per heavy atom. The fourth-order valence-electron chi connectivity index (χ4n) is 8.38. The third-order valence-electron chi connectivity index (χ3n) is 10.4. The van der Waals surface area contributed by atoms with Crippen molar-refractivity contribution in [2.45, 2.75) is 61.9 Å². The van der Waals surface area contributed by atoms with Crippen LogP contribution in [0.15, 0.2) is 24.3 Å². The van der Waals surface area contributed by atoms with Gasteiger partial charge in [0.1, 0.15) is 47.5 Å². The Kier molecular flexibility index (Phi) is 5.93. The highest BCUT2D eigenvalue weighted by Gasteiger charge is 2.50. The van der Waals surface area contributed by atoms with Gasteiger partial charge in [-0.25, -0.2) is 22.5 Å². The zero-order chi connectivity index (χ0) is 30.6. The van der Waals surface area contributed by atoms with Gasteiger partial charge in [-0.05, 0) is 55.8 Å². The molecular weight excluding hydrogens is 592 g/mol. The lowest BCUT2D eigenvalue weighted by atomic mass is 9.95. The molecule has 234 valence electrons. The van der Waals surface area contributed by atoms with Gasteiger partial charge >= 0.3 is 6.01 Å². The number of hydrogen-bond acceptors (Lipinski definition) is 9. The van der Waals surface area contributed by atoms with E-state index in [1.54, 1.807) is 0 Å². The van der Waals surface area contributed by atoms with Crippen molar-refractivity contribution >= 4 is 27.5 Å². The first-order chi connectivity index (χ1) is 21.8. The maximum absolute atomic E-state index is 16.8. The maximum atomic E-state index is 16.8. The third-order valence-corrected chi connectivity index (χ3v) is 10.4. The predicted octanol–water partition coefficient (Wildman–Crippen LogP) is 4.62. The molecule has 45 heavy (non-hydrogen) atoms. The number of pyridine rings is 1. The van der Waals surface area contributed by atoms with Crippen molar-refractivity contribution in [1.29, 1.82) is 0 Å². The zero-order valence-electron chi connectivity index (χ0n) is 24.2. The van der Waals surface area contributed by atoms with E-state index in [2.05, 4.69) is 25.1 Å². The Hall–Kier alpha value is -3.97. The summed E-state index contributed by atoms with van der Waals surface area (Å²) >= 11 is 0. The minimum Gasteiger partial charge on any atom is -0.508 e. The minimum atomic E-state index is -1.19. The summed E-state index contributed by atoms with van der Waals surface area (Å²) in [4.78, 5) is 18.1. The van der Waals surface area contributed by atoms with E-state index in [0.717, 1.165) is 44.4 Å². The fourth-order valence-corrected chi connectivity index (χ4v) is 8.38. The molecule has 4 saturated heterocycles. The predicted molar refractivity (Wildman–Crippen MR) is 157 cm³/mol. The molecule has 13 heteroatoms. The van der Waals surface area contributed by atoms with Crippen molar-refractivity contribution in [3.05, 3.63) is 41.7 Å². The SMILES string of the molecule is Oc1cc(-c2nc3c4c(nc(OC[C@@]56CCCN5C[C@H](F)C6)nc4c2F)N2C[C@H]4CC[C@H](N4)[C@H]2CO3)c2c(F)c(F)ccc2c1. The number of benzene rings is 2. The zero-order valence-corrected chi connectivity index (χ0v) is 24.2. The van der Waals surface area contributed by atoms with Crippen LogP contribution in [0, 0.1) is 17.5 Å². The van der Waals surface area contributed by atoms with Gasteiger partial charge in [0, 0.05) is 42.5 Å². The summed E-state index contributed by atoms with van der Waals surface area (Å²) < 4.78 is 73.5. The van der Waals surface area contributed by atoms with Gasteiger partial charge in [0.2, 0.25) is 5.88 Å². The summed E-state index contributed by atoms with van der Waals surface area (Å²) in [7, 11) is 0. The Labute approximate surface area is 255 Å². The molecule has 0 aliphatic carbocycles. The number of aromatic hydroxyl groups is 1. The summed E-state index contributed by atoms with van der Waals surface area (Å²) in [5.41, 5.74) is -1.12. The number of fused-ring (bicyclic) bond motifs is 7. The molecule has 2 aromatic carbocycles. The third kappa shape index (κ3) is 4.09. The van der Waals surface area contributed by atoms with Crippen LogP contribution in [0.2, 0.25) is 0 Å². The maximum Gasteiger partial charge on any atom is 0.319 e. The number of phenolic OH excluding ortho intramolecular Hbond substituents is 1. The van der Waals surface area contributed by atoms with E-state index in [-0.39, 0.29) is 81.9 Å². The molecule has 2 bridgehead atoms. The Morgan fingerprint density at radius 3 is 2.84 bits per heavy atom. The number of halogens is 4. The van der Waals surface area contributed by atoms with Crippen LogP contribution in [0.1, 0.15) is 32.1 Å². The molecule has 2 aromatic heterocycles. The normalized spacial score (nSPS) is 28.8. The number of phenols is 1. The Morgan fingerprint density at radius 2 is 1.96 bits per heavy atom. The van der Waals surface area contributed by atoms with Gasteiger partial charge in [0.15, 0.2) is 17.5 Å². The highest BCUT2D eigenvalue weighted by atomic mass is 19.2. The Bertz CT molecular complexity index is 1900. The molecule has 0 spiro atoms. The lowest BCUT2D eigenvalue weighted by molar-refractivity contribution is 0.107. The lowest BCUT2D eigenvalue weighted by Crippen LogP contribution is -2.60. The van der Waals surface area contributed by atoms with E-state index in [1.807, 2.05) is 0 Å².